The molecule has 0 saturated heterocycles. The lowest BCUT2D eigenvalue weighted by Gasteiger charge is -2.22. The molecule has 0 bridgehead atoms. The molecule has 2 aromatic rings. The Morgan fingerprint density at radius 2 is 1.90 bits per heavy atom. The highest BCUT2D eigenvalue weighted by atomic mass is 32.2. The number of benzene rings is 2. The van der Waals surface area contributed by atoms with E-state index in [9.17, 15) is 13.2 Å². The lowest BCUT2D eigenvalue weighted by Crippen LogP contribution is -2.36. The van der Waals surface area contributed by atoms with Gasteiger partial charge < -0.3 is 10.9 Å². The van der Waals surface area contributed by atoms with Gasteiger partial charge in [0, 0.05) is 30.0 Å². The van der Waals surface area contributed by atoms with E-state index >= 15 is 0 Å². The average molecular weight is 439 g/mol. The van der Waals surface area contributed by atoms with Crippen molar-refractivity contribution in [2.45, 2.75) is 22.6 Å². The molecule has 11 heteroatoms. The molecule has 29 heavy (non-hydrogen) atoms. The van der Waals surface area contributed by atoms with Crippen molar-refractivity contribution >= 4 is 34.4 Å². The van der Waals surface area contributed by atoms with Crippen LogP contribution in [0.2, 0.25) is 0 Å². The maximum atomic E-state index is 13.2. The summed E-state index contributed by atoms with van der Waals surface area (Å²) in [5.74, 6) is -0.928. The van der Waals surface area contributed by atoms with Crippen molar-refractivity contribution in [1.82, 2.24) is 9.79 Å². The quantitative estimate of drug-likeness (QED) is 0.0993. The second-order valence-electron chi connectivity index (χ2n) is 6.08. The van der Waals surface area contributed by atoms with Crippen molar-refractivity contribution < 1.29 is 23.6 Å². The van der Waals surface area contributed by atoms with Crippen LogP contribution in [0, 0.1) is 0 Å². The number of sulfonamides is 1. The van der Waals surface area contributed by atoms with Crippen molar-refractivity contribution in [3.8, 4) is 0 Å². The summed E-state index contributed by atoms with van der Waals surface area (Å²) >= 11 is 4.37. The molecule has 0 saturated carbocycles. The number of hydrogen-bond donors (Lipinski definition) is 5. The first-order valence-electron chi connectivity index (χ1n) is 8.57. The summed E-state index contributed by atoms with van der Waals surface area (Å²) in [5, 5.41) is 20.4. The number of amidine groups is 1. The van der Waals surface area contributed by atoms with E-state index in [0.29, 0.717) is 6.42 Å². The number of carbonyl (C=O) groups is 1. The van der Waals surface area contributed by atoms with Crippen LogP contribution in [0.25, 0.3) is 0 Å². The summed E-state index contributed by atoms with van der Waals surface area (Å²) in [6, 6.07) is 12.9. The molecule has 2 rings (SSSR count). The average Bonchev–Trinajstić information content (AvgIpc) is 2.73. The van der Waals surface area contributed by atoms with E-state index in [4.69, 9.17) is 16.1 Å². The third-order valence-corrected chi connectivity index (χ3v) is 6.54. The molecule has 9 nitrogen and oxygen atoms in total. The van der Waals surface area contributed by atoms with E-state index in [0.717, 1.165) is 14.8 Å². The lowest BCUT2D eigenvalue weighted by molar-refractivity contribution is -0.129. The normalized spacial score (nSPS) is 12.2. The minimum atomic E-state index is -4.00. The second kappa shape index (κ2) is 10.3. The predicted octanol–water partition coefficient (Wildman–Crippen LogP) is 1.20. The molecule has 0 spiro atoms. The minimum Gasteiger partial charge on any atom is -0.409 e. The topological polar surface area (TPSA) is 145 Å². The molecule has 0 unspecified atom stereocenters. The second-order valence-corrected chi connectivity index (χ2v) is 8.50. The highest BCUT2D eigenvalue weighted by Crippen LogP contribution is 2.20. The SMILES string of the molecule is NC(=NO)c1cccc(S(=O)(=O)N(CCC(=O)NO)CCc2ccccc2S)c1. The minimum absolute atomic E-state index is 0.0647. The first-order valence-corrected chi connectivity index (χ1v) is 10.5. The summed E-state index contributed by atoms with van der Waals surface area (Å²) in [4.78, 5) is 12.1. The molecule has 1 amide bonds. The number of carbonyl (C=O) groups excluding carboxylic acids is 1. The molecule has 5 N–H and O–H groups in total. The Balaban J connectivity index is 2.32. The fourth-order valence-corrected chi connectivity index (χ4v) is 4.38. The van der Waals surface area contributed by atoms with E-state index in [1.807, 2.05) is 18.2 Å². The number of nitrogens with zero attached hydrogens (tertiary/aromatic N) is 2. The zero-order chi connectivity index (χ0) is 21.4. The molecule has 0 radical (unpaired) electrons. The van der Waals surface area contributed by atoms with Crippen molar-refractivity contribution in [1.29, 1.82) is 0 Å². The number of thiol groups is 1. The zero-order valence-corrected chi connectivity index (χ0v) is 17.1. The van der Waals surface area contributed by atoms with Crippen LogP contribution < -0.4 is 11.2 Å². The van der Waals surface area contributed by atoms with E-state index in [2.05, 4.69) is 17.8 Å². The van der Waals surface area contributed by atoms with Gasteiger partial charge in [-0.15, -0.1) is 12.6 Å². The highest BCUT2D eigenvalue weighted by Gasteiger charge is 2.25. The summed E-state index contributed by atoms with van der Waals surface area (Å²) in [7, 11) is -4.00. The van der Waals surface area contributed by atoms with Gasteiger partial charge in [-0.2, -0.15) is 4.31 Å². The largest absolute Gasteiger partial charge is 0.409 e. The van der Waals surface area contributed by atoms with Crippen LogP contribution in [0.3, 0.4) is 0 Å². The summed E-state index contributed by atoms with van der Waals surface area (Å²) in [5.41, 5.74) is 8.14. The Morgan fingerprint density at radius 1 is 1.17 bits per heavy atom. The van der Waals surface area contributed by atoms with Gasteiger partial charge in [-0.25, -0.2) is 13.9 Å². The molecule has 0 heterocycles. The smallest absolute Gasteiger partial charge is 0.244 e. The maximum absolute atomic E-state index is 13.2. The van der Waals surface area contributed by atoms with Gasteiger partial charge in [0.15, 0.2) is 5.84 Å². The van der Waals surface area contributed by atoms with Gasteiger partial charge in [0.2, 0.25) is 15.9 Å². The van der Waals surface area contributed by atoms with Gasteiger partial charge in [0.1, 0.15) is 0 Å². The molecule has 0 fully saturated rings. The number of amides is 1. The maximum Gasteiger partial charge on any atom is 0.244 e. The number of rotatable bonds is 9. The molecule has 2 aromatic carbocycles. The number of hydrogen-bond acceptors (Lipinski definition) is 7. The van der Waals surface area contributed by atoms with Crippen LogP contribution in [-0.4, -0.2) is 48.0 Å². The standard InChI is InChI=1S/C18H22N4O5S2/c19-18(21-25)14-5-3-6-15(12-14)29(26,27)22(11-9-17(23)20-24)10-8-13-4-1-2-7-16(13)28/h1-7,12,24-25,28H,8-11H2,(H2,19,21)(H,20,23). The van der Waals surface area contributed by atoms with E-state index in [1.165, 1.54) is 29.7 Å². The molecule has 0 aliphatic rings. The van der Waals surface area contributed by atoms with Gasteiger partial charge in [-0.3, -0.25) is 10.0 Å². The van der Waals surface area contributed by atoms with E-state index < -0.39 is 15.9 Å². The van der Waals surface area contributed by atoms with Gasteiger partial charge in [-0.1, -0.05) is 35.5 Å². The Bertz CT molecular complexity index is 995. The van der Waals surface area contributed by atoms with Gasteiger partial charge in [0.05, 0.1) is 4.90 Å². The third kappa shape index (κ3) is 5.94. The molecule has 156 valence electrons. The molecule has 0 aliphatic heterocycles. The molecule has 0 atom stereocenters. The monoisotopic (exact) mass is 438 g/mol. The molecular formula is C18H22N4O5S2. The van der Waals surface area contributed by atoms with Crippen molar-refractivity contribution in [2.24, 2.45) is 10.9 Å². The fourth-order valence-electron chi connectivity index (χ4n) is 2.62. The predicted molar refractivity (Wildman–Crippen MR) is 110 cm³/mol. The fraction of sp³-hybridized carbons (Fsp3) is 0.222. The Kier molecular flexibility index (Phi) is 8.02. The lowest BCUT2D eigenvalue weighted by atomic mass is 10.1. The van der Waals surface area contributed by atoms with Crippen molar-refractivity contribution in [3.05, 3.63) is 59.7 Å². The van der Waals surface area contributed by atoms with E-state index in [-0.39, 0.29) is 35.8 Å². The van der Waals surface area contributed by atoms with Crippen LogP contribution in [0.4, 0.5) is 0 Å². The zero-order valence-electron chi connectivity index (χ0n) is 15.4. The van der Waals surface area contributed by atoms with Crippen LogP contribution in [0.5, 0.6) is 0 Å². The van der Waals surface area contributed by atoms with Gasteiger partial charge in [-0.05, 0) is 30.2 Å². The van der Waals surface area contributed by atoms with Crippen LogP contribution in [0.15, 0.2) is 63.5 Å². The number of nitrogens with one attached hydrogen (secondary N) is 1. The number of hydroxylamine groups is 1. The summed E-state index contributed by atoms with van der Waals surface area (Å²) in [6.45, 7) is -0.0519. The number of oxime groups is 1. The number of nitrogens with two attached hydrogens (primary N) is 1. The molecule has 0 aliphatic carbocycles. The first kappa shape index (κ1) is 22.7. The summed E-state index contributed by atoms with van der Waals surface area (Å²) < 4.78 is 27.5. The van der Waals surface area contributed by atoms with Gasteiger partial charge >= 0.3 is 0 Å². The van der Waals surface area contributed by atoms with E-state index in [1.54, 1.807) is 6.07 Å². The molecule has 0 aromatic heterocycles. The summed E-state index contributed by atoms with van der Waals surface area (Å²) in [6.07, 6.45) is 0.151. The van der Waals surface area contributed by atoms with Crippen molar-refractivity contribution in [3.63, 3.8) is 0 Å². The highest BCUT2D eigenvalue weighted by molar-refractivity contribution is 7.89. The van der Waals surface area contributed by atoms with Crippen LogP contribution in [0.1, 0.15) is 17.5 Å². The molecular weight excluding hydrogens is 416 g/mol. The van der Waals surface area contributed by atoms with Crippen LogP contribution >= 0.6 is 12.6 Å². The Labute approximate surface area is 174 Å². The Morgan fingerprint density at radius 3 is 2.55 bits per heavy atom. The Hall–Kier alpha value is -2.60. The van der Waals surface area contributed by atoms with Gasteiger partial charge in [0.25, 0.3) is 0 Å². The van der Waals surface area contributed by atoms with Crippen LogP contribution in [-0.2, 0) is 21.2 Å². The first-order chi connectivity index (χ1) is 13.8. The van der Waals surface area contributed by atoms with Crippen molar-refractivity contribution in [2.75, 3.05) is 13.1 Å². The third-order valence-electron chi connectivity index (χ3n) is 4.21.